The van der Waals surface area contributed by atoms with Gasteiger partial charge in [-0.1, -0.05) is 5.92 Å². The number of hydrogen-bond acceptors (Lipinski definition) is 3. The van der Waals surface area contributed by atoms with Crippen molar-refractivity contribution in [1.82, 2.24) is 15.1 Å². The first-order chi connectivity index (χ1) is 8.04. The Morgan fingerprint density at radius 1 is 1.53 bits per heavy atom. The molecule has 0 spiro atoms. The molecule has 0 aliphatic carbocycles. The molecule has 0 aromatic carbocycles. The Labute approximate surface area is 104 Å². The number of likely N-dealkylation sites (tertiary alicyclic amines) is 1. The average Bonchev–Trinajstić information content (AvgIpc) is 2.30. The summed E-state index contributed by atoms with van der Waals surface area (Å²) in [7, 11) is 3.58. The van der Waals surface area contributed by atoms with Gasteiger partial charge < -0.3 is 10.2 Å². The minimum absolute atomic E-state index is 0.103. The molecule has 1 atom stereocenters. The molecule has 1 rings (SSSR count). The van der Waals surface area contributed by atoms with E-state index in [0.717, 1.165) is 32.5 Å². The number of nitrogens with zero attached hydrogens (tertiary/aromatic N) is 2. The second kappa shape index (κ2) is 6.63. The molecule has 0 saturated carbocycles. The Morgan fingerprint density at radius 2 is 2.12 bits per heavy atom. The van der Waals surface area contributed by atoms with E-state index >= 15 is 0 Å². The highest BCUT2D eigenvalue weighted by atomic mass is 16.2. The number of nitrogens with one attached hydrogen (secondary N) is 1. The van der Waals surface area contributed by atoms with E-state index in [4.69, 9.17) is 6.42 Å². The molecule has 1 unspecified atom stereocenters. The van der Waals surface area contributed by atoms with Crippen molar-refractivity contribution >= 4 is 5.91 Å². The number of amides is 1. The van der Waals surface area contributed by atoms with Crippen molar-refractivity contribution in [3.63, 3.8) is 0 Å². The van der Waals surface area contributed by atoms with E-state index in [0.29, 0.717) is 6.04 Å². The Hall–Kier alpha value is -1.05. The summed E-state index contributed by atoms with van der Waals surface area (Å²) in [5.74, 6) is 2.81. The van der Waals surface area contributed by atoms with Gasteiger partial charge in [-0.2, -0.15) is 0 Å². The molecule has 1 amide bonds. The monoisotopic (exact) mass is 237 g/mol. The Kier molecular flexibility index (Phi) is 5.46. The van der Waals surface area contributed by atoms with Crippen LogP contribution in [-0.4, -0.2) is 61.5 Å². The van der Waals surface area contributed by atoms with E-state index in [1.54, 1.807) is 19.0 Å². The van der Waals surface area contributed by atoms with Crippen molar-refractivity contribution in [3.05, 3.63) is 0 Å². The van der Waals surface area contributed by atoms with Gasteiger partial charge in [-0.25, -0.2) is 0 Å². The number of carbonyl (C=O) groups is 1. The fourth-order valence-corrected chi connectivity index (χ4v) is 2.20. The van der Waals surface area contributed by atoms with Gasteiger partial charge in [0.05, 0.1) is 12.6 Å². The lowest BCUT2D eigenvalue weighted by Gasteiger charge is -2.33. The zero-order chi connectivity index (χ0) is 12.8. The van der Waals surface area contributed by atoms with Crippen LogP contribution in [0.3, 0.4) is 0 Å². The molecule has 17 heavy (non-hydrogen) atoms. The van der Waals surface area contributed by atoms with Gasteiger partial charge in [-0.05, 0) is 19.8 Å². The highest BCUT2D eigenvalue weighted by Gasteiger charge is 2.22. The van der Waals surface area contributed by atoms with Crippen LogP contribution in [0.2, 0.25) is 0 Å². The second-order valence-corrected chi connectivity index (χ2v) is 4.88. The maximum absolute atomic E-state index is 11.7. The molecule has 1 N–H and O–H groups in total. The first kappa shape index (κ1) is 14.0. The van der Waals surface area contributed by atoms with Crippen LogP contribution in [-0.2, 0) is 4.79 Å². The Balaban J connectivity index is 2.31. The molecule has 4 heteroatoms. The van der Waals surface area contributed by atoms with Crippen LogP contribution in [0.15, 0.2) is 0 Å². The molecular formula is C13H23N3O. The lowest BCUT2D eigenvalue weighted by molar-refractivity contribution is -0.130. The number of likely N-dealkylation sites (N-methyl/N-ethyl adjacent to an activating group) is 1. The van der Waals surface area contributed by atoms with Gasteiger partial charge in [0.25, 0.3) is 0 Å². The van der Waals surface area contributed by atoms with Crippen molar-refractivity contribution in [2.75, 3.05) is 33.7 Å². The summed E-state index contributed by atoms with van der Waals surface area (Å²) in [6, 6.07) is 0.331. The molecule has 1 fully saturated rings. The topological polar surface area (TPSA) is 35.6 Å². The Bertz CT molecular complexity index is 288. The van der Waals surface area contributed by atoms with Crippen LogP contribution in [0.1, 0.15) is 19.8 Å². The van der Waals surface area contributed by atoms with Gasteiger partial charge in [0.1, 0.15) is 0 Å². The maximum Gasteiger partial charge on any atom is 0.238 e. The maximum atomic E-state index is 11.7. The molecule has 1 aliphatic rings. The van der Waals surface area contributed by atoms with E-state index in [1.807, 2.05) is 6.92 Å². The third-order valence-corrected chi connectivity index (χ3v) is 3.20. The summed E-state index contributed by atoms with van der Waals surface area (Å²) in [6.07, 6.45) is 7.41. The van der Waals surface area contributed by atoms with Gasteiger partial charge in [0.15, 0.2) is 0 Å². The zero-order valence-electron chi connectivity index (χ0n) is 11.1. The van der Waals surface area contributed by atoms with E-state index in [2.05, 4.69) is 16.1 Å². The minimum atomic E-state index is -0.103. The SMILES string of the molecule is C#CCN1CCC(NC(C)C(=O)N(C)C)CC1. The number of piperidine rings is 1. The predicted molar refractivity (Wildman–Crippen MR) is 69.6 cm³/mol. The number of rotatable bonds is 4. The molecule has 0 radical (unpaired) electrons. The van der Waals surface area contributed by atoms with Gasteiger partial charge in [-0.3, -0.25) is 9.69 Å². The van der Waals surface area contributed by atoms with E-state index in [9.17, 15) is 4.79 Å². The van der Waals surface area contributed by atoms with E-state index in [1.165, 1.54) is 0 Å². The van der Waals surface area contributed by atoms with Crippen molar-refractivity contribution in [3.8, 4) is 12.3 Å². The number of hydrogen-bond donors (Lipinski definition) is 1. The van der Waals surface area contributed by atoms with Crippen molar-refractivity contribution < 1.29 is 4.79 Å². The summed E-state index contributed by atoms with van der Waals surface area (Å²) in [6.45, 7) is 4.70. The van der Waals surface area contributed by atoms with Crippen LogP contribution in [0.5, 0.6) is 0 Å². The average molecular weight is 237 g/mol. The predicted octanol–water partition coefficient (Wildman–Crippen LogP) is 0.150. The number of carbonyl (C=O) groups excluding carboxylic acids is 1. The second-order valence-electron chi connectivity index (χ2n) is 4.88. The van der Waals surface area contributed by atoms with Crippen LogP contribution in [0, 0.1) is 12.3 Å². The molecule has 0 bridgehead atoms. The van der Waals surface area contributed by atoms with Crippen molar-refractivity contribution in [1.29, 1.82) is 0 Å². The minimum Gasteiger partial charge on any atom is -0.347 e. The van der Waals surface area contributed by atoms with Crippen LogP contribution >= 0.6 is 0 Å². The lowest BCUT2D eigenvalue weighted by atomic mass is 10.0. The zero-order valence-corrected chi connectivity index (χ0v) is 11.1. The summed E-state index contributed by atoms with van der Waals surface area (Å²) >= 11 is 0. The first-order valence-electron chi connectivity index (χ1n) is 6.17. The standard InChI is InChI=1S/C13H23N3O/c1-5-8-16-9-6-12(7-10-16)14-11(2)13(17)15(3)4/h1,11-12,14H,6-10H2,2-4H3. The van der Waals surface area contributed by atoms with Crippen molar-refractivity contribution in [2.45, 2.75) is 31.8 Å². The summed E-state index contributed by atoms with van der Waals surface area (Å²) < 4.78 is 0. The van der Waals surface area contributed by atoms with E-state index < -0.39 is 0 Å². The van der Waals surface area contributed by atoms with Crippen LogP contribution in [0.4, 0.5) is 0 Å². The summed E-state index contributed by atoms with van der Waals surface area (Å²) in [4.78, 5) is 15.6. The third kappa shape index (κ3) is 4.37. The molecule has 1 saturated heterocycles. The molecule has 0 aromatic rings. The van der Waals surface area contributed by atoms with Crippen molar-refractivity contribution in [2.24, 2.45) is 0 Å². The van der Waals surface area contributed by atoms with Gasteiger partial charge >= 0.3 is 0 Å². The van der Waals surface area contributed by atoms with E-state index in [-0.39, 0.29) is 11.9 Å². The molecule has 96 valence electrons. The molecule has 0 aromatic heterocycles. The van der Waals surface area contributed by atoms with Crippen LogP contribution in [0.25, 0.3) is 0 Å². The molecule has 4 nitrogen and oxygen atoms in total. The molecular weight excluding hydrogens is 214 g/mol. The van der Waals surface area contributed by atoms with Gasteiger partial charge in [0.2, 0.25) is 5.91 Å². The molecule has 1 aliphatic heterocycles. The first-order valence-corrected chi connectivity index (χ1v) is 6.17. The largest absolute Gasteiger partial charge is 0.347 e. The number of terminal acetylenes is 1. The smallest absolute Gasteiger partial charge is 0.238 e. The highest BCUT2D eigenvalue weighted by molar-refractivity contribution is 5.80. The quantitative estimate of drug-likeness (QED) is 0.707. The van der Waals surface area contributed by atoms with Crippen LogP contribution < -0.4 is 5.32 Å². The van der Waals surface area contributed by atoms with Gasteiger partial charge in [0, 0.05) is 33.2 Å². The lowest BCUT2D eigenvalue weighted by Crippen LogP contribution is -2.50. The van der Waals surface area contributed by atoms with Gasteiger partial charge in [-0.15, -0.1) is 6.42 Å². The fraction of sp³-hybridized carbons (Fsp3) is 0.769. The molecule has 1 heterocycles. The highest BCUT2D eigenvalue weighted by Crippen LogP contribution is 2.10. The Morgan fingerprint density at radius 3 is 2.59 bits per heavy atom. The third-order valence-electron chi connectivity index (χ3n) is 3.20. The summed E-state index contributed by atoms with van der Waals surface area (Å²) in [5, 5.41) is 3.39. The summed E-state index contributed by atoms with van der Waals surface area (Å²) in [5.41, 5.74) is 0. The fourth-order valence-electron chi connectivity index (χ4n) is 2.20. The normalized spacial score (nSPS) is 19.6.